The fraction of sp³-hybridized carbons (Fsp3) is 0.333. The molecule has 0 fully saturated rings. The van der Waals surface area contributed by atoms with Crippen LogP contribution in [-0.2, 0) is 17.8 Å². The van der Waals surface area contributed by atoms with Gasteiger partial charge >= 0.3 is 0 Å². The van der Waals surface area contributed by atoms with Crippen LogP contribution in [0.2, 0.25) is 0 Å². The maximum absolute atomic E-state index is 13.1. The van der Waals surface area contributed by atoms with Gasteiger partial charge in [0, 0.05) is 37.3 Å². The van der Waals surface area contributed by atoms with E-state index < -0.39 is 0 Å². The Labute approximate surface area is 154 Å². The molecule has 0 spiro atoms. The first kappa shape index (κ1) is 18.1. The molecular formula is C21H25N3O2. The summed E-state index contributed by atoms with van der Waals surface area (Å²) >= 11 is 0. The van der Waals surface area contributed by atoms with Crippen LogP contribution in [0.5, 0.6) is 0 Å². The van der Waals surface area contributed by atoms with Crippen LogP contribution in [0.25, 0.3) is 0 Å². The minimum Gasteiger partial charge on any atom is -0.333 e. The van der Waals surface area contributed by atoms with Crippen molar-refractivity contribution < 1.29 is 9.59 Å². The Hall–Kier alpha value is -2.66. The number of fused-ring (bicyclic) bond motifs is 1. The molecule has 1 aliphatic rings. The second-order valence-corrected chi connectivity index (χ2v) is 6.94. The maximum Gasteiger partial charge on any atom is 0.254 e. The summed E-state index contributed by atoms with van der Waals surface area (Å²) in [5, 5.41) is 2.86. The van der Waals surface area contributed by atoms with E-state index in [0.29, 0.717) is 31.5 Å². The molecule has 5 heteroatoms. The van der Waals surface area contributed by atoms with Gasteiger partial charge in [-0.1, -0.05) is 30.3 Å². The molecular weight excluding hydrogens is 326 g/mol. The number of aryl methyl sites for hydroxylation is 1. The number of nitrogens with zero attached hydrogens (tertiary/aromatic N) is 2. The van der Waals surface area contributed by atoms with Crippen molar-refractivity contribution in [2.75, 3.05) is 32.5 Å². The van der Waals surface area contributed by atoms with E-state index in [9.17, 15) is 9.59 Å². The van der Waals surface area contributed by atoms with Crippen molar-refractivity contribution in [3.8, 4) is 0 Å². The molecule has 0 saturated carbocycles. The summed E-state index contributed by atoms with van der Waals surface area (Å²) < 4.78 is 0. The Morgan fingerprint density at radius 2 is 1.81 bits per heavy atom. The van der Waals surface area contributed by atoms with E-state index in [0.717, 1.165) is 23.4 Å². The first-order valence-corrected chi connectivity index (χ1v) is 8.93. The molecule has 5 nitrogen and oxygen atoms in total. The molecule has 3 rings (SSSR count). The normalized spacial score (nSPS) is 13.3. The van der Waals surface area contributed by atoms with E-state index in [4.69, 9.17) is 0 Å². The lowest BCUT2D eigenvalue weighted by atomic mass is 10.00. The number of nitrogens with one attached hydrogen (secondary N) is 1. The molecule has 0 radical (unpaired) electrons. The highest BCUT2D eigenvalue weighted by Gasteiger charge is 2.20. The second-order valence-electron chi connectivity index (χ2n) is 6.94. The molecule has 2 amide bonds. The van der Waals surface area contributed by atoms with Gasteiger partial charge in [-0.3, -0.25) is 9.59 Å². The highest BCUT2D eigenvalue weighted by Crippen LogP contribution is 2.24. The smallest absolute Gasteiger partial charge is 0.254 e. The van der Waals surface area contributed by atoms with Crippen LogP contribution in [0.15, 0.2) is 48.5 Å². The Balaban J connectivity index is 1.81. The van der Waals surface area contributed by atoms with Crippen molar-refractivity contribution in [3.05, 3.63) is 65.2 Å². The molecule has 2 aromatic carbocycles. The Morgan fingerprint density at radius 3 is 2.54 bits per heavy atom. The van der Waals surface area contributed by atoms with Gasteiger partial charge in [0.25, 0.3) is 5.91 Å². The van der Waals surface area contributed by atoms with Gasteiger partial charge in [0.05, 0.1) is 0 Å². The summed E-state index contributed by atoms with van der Waals surface area (Å²) in [6, 6.07) is 15.6. The molecule has 0 bridgehead atoms. The summed E-state index contributed by atoms with van der Waals surface area (Å²) in [5.74, 6) is 0.0590. The SMILES string of the molecule is CN(C)CCN(Cc1ccccc1)C(=O)c1ccc2c(c1)CCC(=O)N2. The van der Waals surface area contributed by atoms with E-state index in [1.165, 1.54) is 0 Å². The van der Waals surface area contributed by atoms with Crippen molar-refractivity contribution >= 4 is 17.5 Å². The van der Waals surface area contributed by atoms with Gasteiger partial charge in [0.2, 0.25) is 5.91 Å². The summed E-state index contributed by atoms with van der Waals surface area (Å²) in [6.07, 6.45) is 1.15. The van der Waals surface area contributed by atoms with Crippen LogP contribution in [0, 0.1) is 0 Å². The topological polar surface area (TPSA) is 52.7 Å². The number of carbonyl (C=O) groups is 2. The minimum atomic E-state index is 0.0235. The molecule has 136 valence electrons. The summed E-state index contributed by atoms with van der Waals surface area (Å²) in [7, 11) is 4.01. The van der Waals surface area contributed by atoms with Crippen LogP contribution in [0.4, 0.5) is 5.69 Å². The lowest BCUT2D eigenvalue weighted by Gasteiger charge is -2.25. The monoisotopic (exact) mass is 351 g/mol. The molecule has 0 aromatic heterocycles. The number of likely N-dealkylation sites (N-methyl/N-ethyl adjacent to an activating group) is 1. The lowest BCUT2D eigenvalue weighted by molar-refractivity contribution is -0.116. The number of hydrogen-bond acceptors (Lipinski definition) is 3. The first-order valence-electron chi connectivity index (χ1n) is 8.93. The molecule has 1 aliphatic heterocycles. The number of rotatable bonds is 6. The van der Waals surface area contributed by atoms with Crippen molar-refractivity contribution in [1.29, 1.82) is 0 Å². The van der Waals surface area contributed by atoms with E-state index in [1.807, 2.05) is 61.5 Å². The molecule has 0 atom stereocenters. The number of anilines is 1. The number of carbonyl (C=O) groups excluding carboxylic acids is 2. The summed E-state index contributed by atoms with van der Waals surface area (Å²) in [6.45, 7) is 2.05. The minimum absolute atomic E-state index is 0.0235. The highest BCUT2D eigenvalue weighted by molar-refractivity contribution is 5.98. The third-order valence-corrected chi connectivity index (χ3v) is 4.57. The molecule has 2 aromatic rings. The fourth-order valence-corrected chi connectivity index (χ4v) is 3.08. The average Bonchev–Trinajstić information content (AvgIpc) is 2.64. The van der Waals surface area contributed by atoms with Gasteiger partial charge in [-0.2, -0.15) is 0 Å². The van der Waals surface area contributed by atoms with Gasteiger partial charge in [0.1, 0.15) is 0 Å². The van der Waals surface area contributed by atoms with Gasteiger partial charge in [-0.25, -0.2) is 0 Å². The standard InChI is InChI=1S/C21H25N3O2/c1-23(2)12-13-24(15-16-6-4-3-5-7-16)21(26)18-8-10-19-17(14-18)9-11-20(25)22-19/h3-8,10,14H,9,11-13,15H2,1-2H3,(H,22,25). The van der Waals surface area contributed by atoms with Gasteiger partial charge in [0.15, 0.2) is 0 Å². The molecule has 0 aliphatic carbocycles. The van der Waals surface area contributed by atoms with Crippen molar-refractivity contribution in [3.63, 3.8) is 0 Å². The number of benzene rings is 2. The Morgan fingerprint density at radius 1 is 1.04 bits per heavy atom. The van der Waals surface area contributed by atoms with E-state index in [-0.39, 0.29) is 11.8 Å². The predicted octanol–water partition coefficient (Wildman–Crippen LogP) is 2.78. The predicted molar refractivity (Wildman–Crippen MR) is 103 cm³/mol. The molecule has 26 heavy (non-hydrogen) atoms. The van der Waals surface area contributed by atoms with Crippen LogP contribution >= 0.6 is 0 Å². The van der Waals surface area contributed by atoms with Crippen LogP contribution in [0.3, 0.4) is 0 Å². The molecule has 1 N–H and O–H groups in total. The zero-order chi connectivity index (χ0) is 18.5. The molecule has 1 heterocycles. The number of amides is 2. The van der Waals surface area contributed by atoms with Crippen LogP contribution in [-0.4, -0.2) is 48.8 Å². The van der Waals surface area contributed by atoms with Gasteiger partial charge in [-0.05, 0) is 49.8 Å². The van der Waals surface area contributed by atoms with Crippen LogP contribution < -0.4 is 5.32 Å². The lowest BCUT2D eigenvalue weighted by Crippen LogP contribution is -2.36. The number of hydrogen-bond donors (Lipinski definition) is 1. The van der Waals surface area contributed by atoms with E-state index in [2.05, 4.69) is 10.2 Å². The average molecular weight is 351 g/mol. The van der Waals surface area contributed by atoms with E-state index in [1.54, 1.807) is 6.07 Å². The first-order chi connectivity index (χ1) is 12.5. The molecule has 0 unspecified atom stereocenters. The maximum atomic E-state index is 13.1. The zero-order valence-electron chi connectivity index (χ0n) is 15.4. The summed E-state index contributed by atoms with van der Waals surface area (Å²) in [4.78, 5) is 28.6. The molecule has 0 saturated heterocycles. The van der Waals surface area contributed by atoms with E-state index >= 15 is 0 Å². The second kappa shape index (κ2) is 8.15. The Bertz CT molecular complexity index is 787. The van der Waals surface area contributed by atoms with Crippen LogP contribution in [0.1, 0.15) is 27.9 Å². The summed E-state index contributed by atoms with van der Waals surface area (Å²) in [5.41, 5.74) is 3.64. The van der Waals surface area contributed by atoms with Crippen molar-refractivity contribution in [2.24, 2.45) is 0 Å². The van der Waals surface area contributed by atoms with Crippen molar-refractivity contribution in [2.45, 2.75) is 19.4 Å². The van der Waals surface area contributed by atoms with Gasteiger partial charge < -0.3 is 15.1 Å². The Kier molecular flexibility index (Phi) is 5.68. The third kappa shape index (κ3) is 4.49. The third-order valence-electron chi connectivity index (χ3n) is 4.57. The van der Waals surface area contributed by atoms with Gasteiger partial charge in [-0.15, -0.1) is 0 Å². The fourth-order valence-electron chi connectivity index (χ4n) is 3.08. The van der Waals surface area contributed by atoms with Crippen molar-refractivity contribution in [1.82, 2.24) is 9.80 Å². The zero-order valence-corrected chi connectivity index (χ0v) is 15.4. The quantitative estimate of drug-likeness (QED) is 0.871. The largest absolute Gasteiger partial charge is 0.333 e. The highest BCUT2D eigenvalue weighted by atomic mass is 16.2.